The Kier molecular flexibility index (Phi) is 5.84. The van der Waals surface area contributed by atoms with E-state index in [-0.39, 0.29) is 24.8 Å². The molecule has 0 radical (unpaired) electrons. The third-order valence-electron chi connectivity index (χ3n) is 3.13. The molecule has 0 aliphatic carbocycles. The molecule has 0 saturated carbocycles. The van der Waals surface area contributed by atoms with Crippen LogP contribution in [0.1, 0.15) is 30.2 Å². The number of hydrogen-bond acceptors (Lipinski definition) is 5. The van der Waals surface area contributed by atoms with Gasteiger partial charge >= 0.3 is 0 Å². The first kappa shape index (κ1) is 17.1. The minimum atomic E-state index is -0.250. The molecule has 6 nitrogen and oxygen atoms in total. The lowest BCUT2D eigenvalue weighted by atomic mass is 10.1. The van der Waals surface area contributed by atoms with Crippen molar-refractivity contribution in [3.8, 4) is 0 Å². The largest absolute Gasteiger partial charge is 0.325 e. The smallest absolute Gasteiger partial charge is 0.238 e. The Morgan fingerprint density at radius 1 is 1.17 bits per heavy atom. The van der Waals surface area contributed by atoms with Crippen LogP contribution in [0.3, 0.4) is 0 Å². The molecule has 122 valence electrons. The Balaban J connectivity index is 1.90. The maximum absolute atomic E-state index is 12.0. The molecule has 1 aromatic heterocycles. The molecule has 0 aliphatic rings. The number of carbonyl (C=O) groups excluding carboxylic acids is 2. The highest BCUT2D eigenvalue weighted by atomic mass is 32.1. The van der Waals surface area contributed by atoms with Gasteiger partial charge in [0.15, 0.2) is 5.13 Å². The minimum absolute atomic E-state index is 0.0592. The zero-order chi connectivity index (χ0) is 16.8. The second-order valence-electron chi connectivity index (χ2n) is 5.40. The summed E-state index contributed by atoms with van der Waals surface area (Å²) in [5.74, 6) is 0.0306. The Bertz CT molecular complexity index is 680. The number of amides is 2. The molecular weight excluding hydrogens is 312 g/mol. The van der Waals surface area contributed by atoms with E-state index in [2.05, 4.69) is 29.5 Å². The van der Waals surface area contributed by atoms with Gasteiger partial charge in [0.2, 0.25) is 11.8 Å². The van der Waals surface area contributed by atoms with E-state index in [4.69, 9.17) is 5.73 Å². The number of thiazole rings is 1. The van der Waals surface area contributed by atoms with Gasteiger partial charge in [0.1, 0.15) is 0 Å². The lowest BCUT2D eigenvalue weighted by molar-refractivity contribution is -0.116. The maximum atomic E-state index is 12.0. The van der Waals surface area contributed by atoms with Gasteiger partial charge in [0, 0.05) is 16.8 Å². The highest BCUT2D eigenvalue weighted by Gasteiger charge is 2.09. The Morgan fingerprint density at radius 3 is 2.43 bits per heavy atom. The van der Waals surface area contributed by atoms with E-state index in [0.717, 1.165) is 10.4 Å². The first-order chi connectivity index (χ1) is 11.0. The summed E-state index contributed by atoms with van der Waals surface area (Å²) < 4.78 is 0. The zero-order valence-corrected chi connectivity index (χ0v) is 13.9. The summed E-state index contributed by atoms with van der Waals surface area (Å²) in [5.41, 5.74) is 6.75. The van der Waals surface area contributed by atoms with Crippen LogP contribution >= 0.6 is 11.3 Å². The molecule has 0 unspecified atom stereocenters. The minimum Gasteiger partial charge on any atom is -0.325 e. The van der Waals surface area contributed by atoms with Crippen LogP contribution in [0.15, 0.2) is 30.5 Å². The van der Waals surface area contributed by atoms with E-state index in [1.165, 1.54) is 11.3 Å². The topological polar surface area (TPSA) is 97.1 Å². The number of nitrogens with one attached hydrogen (secondary N) is 2. The lowest BCUT2D eigenvalue weighted by Gasteiger charge is -2.05. The highest BCUT2D eigenvalue weighted by molar-refractivity contribution is 7.15. The molecule has 1 heterocycles. The molecule has 2 amide bonds. The lowest BCUT2D eigenvalue weighted by Crippen LogP contribution is -2.21. The second-order valence-corrected chi connectivity index (χ2v) is 6.46. The van der Waals surface area contributed by atoms with Gasteiger partial charge in [-0.1, -0.05) is 26.0 Å². The number of nitrogens with zero attached hydrogens (tertiary/aromatic N) is 1. The summed E-state index contributed by atoms with van der Waals surface area (Å²) in [6.07, 6.45) is 2.04. The number of rotatable bonds is 6. The molecule has 23 heavy (non-hydrogen) atoms. The van der Waals surface area contributed by atoms with Gasteiger partial charge in [0.05, 0.1) is 13.0 Å². The average molecular weight is 332 g/mol. The van der Waals surface area contributed by atoms with Gasteiger partial charge in [-0.05, 0) is 23.6 Å². The van der Waals surface area contributed by atoms with E-state index in [0.29, 0.717) is 16.7 Å². The van der Waals surface area contributed by atoms with E-state index in [1.54, 1.807) is 30.5 Å². The normalized spacial score (nSPS) is 10.6. The predicted molar refractivity (Wildman–Crippen MR) is 92.7 cm³/mol. The fourth-order valence-electron chi connectivity index (χ4n) is 1.88. The van der Waals surface area contributed by atoms with Crippen LogP contribution in [-0.4, -0.2) is 23.3 Å². The average Bonchev–Trinajstić information content (AvgIpc) is 2.97. The number of aromatic nitrogens is 1. The predicted octanol–water partition coefficient (Wildman–Crippen LogP) is 2.34. The summed E-state index contributed by atoms with van der Waals surface area (Å²) in [4.78, 5) is 28.6. The third kappa shape index (κ3) is 5.15. The Hall–Kier alpha value is -2.25. The van der Waals surface area contributed by atoms with Crippen molar-refractivity contribution in [1.82, 2.24) is 4.98 Å². The van der Waals surface area contributed by atoms with Gasteiger partial charge < -0.3 is 16.4 Å². The van der Waals surface area contributed by atoms with Crippen molar-refractivity contribution in [2.45, 2.75) is 26.2 Å². The summed E-state index contributed by atoms with van der Waals surface area (Å²) >= 11 is 1.49. The standard InChI is InChI=1S/C16H20N4O2S/c1-10(2)13-9-18-16(23-13)20-14(21)7-11-3-5-12(6-4-11)19-15(22)8-17/h3-6,9-10H,7-8,17H2,1-2H3,(H,19,22)(H,18,20,21). The Labute approximate surface area is 139 Å². The SMILES string of the molecule is CC(C)c1cnc(NC(=O)Cc2ccc(NC(=O)CN)cc2)s1. The van der Waals surface area contributed by atoms with E-state index >= 15 is 0 Å². The summed E-state index contributed by atoms with van der Waals surface area (Å²) in [7, 11) is 0. The number of nitrogens with two attached hydrogens (primary N) is 1. The van der Waals surface area contributed by atoms with Gasteiger partial charge in [-0.25, -0.2) is 4.98 Å². The van der Waals surface area contributed by atoms with E-state index in [9.17, 15) is 9.59 Å². The third-order valence-corrected chi connectivity index (χ3v) is 4.34. The van der Waals surface area contributed by atoms with Crippen LogP contribution in [0.4, 0.5) is 10.8 Å². The van der Waals surface area contributed by atoms with Crippen LogP contribution in [-0.2, 0) is 16.0 Å². The second kappa shape index (κ2) is 7.85. The van der Waals surface area contributed by atoms with Crippen molar-refractivity contribution >= 4 is 34.0 Å². The zero-order valence-electron chi connectivity index (χ0n) is 13.1. The maximum Gasteiger partial charge on any atom is 0.238 e. The van der Waals surface area contributed by atoms with Gasteiger partial charge in [0.25, 0.3) is 0 Å². The molecule has 4 N–H and O–H groups in total. The van der Waals surface area contributed by atoms with Crippen molar-refractivity contribution < 1.29 is 9.59 Å². The quantitative estimate of drug-likeness (QED) is 0.756. The van der Waals surface area contributed by atoms with Crippen molar-refractivity contribution in [2.24, 2.45) is 5.73 Å². The molecule has 0 saturated heterocycles. The van der Waals surface area contributed by atoms with Crippen LogP contribution in [0, 0.1) is 0 Å². The van der Waals surface area contributed by atoms with Crippen molar-refractivity contribution in [3.63, 3.8) is 0 Å². The van der Waals surface area contributed by atoms with Crippen LogP contribution in [0.25, 0.3) is 0 Å². The number of carbonyl (C=O) groups is 2. The molecule has 0 bridgehead atoms. The molecule has 2 aromatic rings. The monoisotopic (exact) mass is 332 g/mol. The van der Waals surface area contributed by atoms with Crippen LogP contribution < -0.4 is 16.4 Å². The van der Waals surface area contributed by atoms with Crippen LogP contribution in [0.5, 0.6) is 0 Å². The summed E-state index contributed by atoms with van der Waals surface area (Å²) in [6.45, 7) is 4.12. The molecule has 0 spiro atoms. The number of benzene rings is 1. The number of hydrogen-bond donors (Lipinski definition) is 3. The molecule has 1 aromatic carbocycles. The van der Waals surface area contributed by atoms with Gasteiger partial charge in [-0.15, -0.1) is 11.3 Å². The fraction of sp³-hybridized carbons (Fsp3) is 0.312. The first-order valence-corrected chi connectivity index (χ1v) is 8.14. The van der Waals surface area contributed by atoms with Crippen molar-refractivity contribution in [2.75, 3.05) is 17.2 Å². The van der Waals surface area contributed by atoms with E-state index in [1.807, 2.05) is 0 Å². The molecule has 0 fully saturated rings. The van der Waals surface area contributed by atoms with Gasteiger partial charge in [-0.3, -0.25) is 9.59 Å². The molecular formula is C16H20N4O2S. The van der Waals surface area contributed by atoms with E-state index < -0.39 is 0 Å². The number of anilines is 2. The molecule has 7 heteroatoms. The highest BCUT2D eigenvalue weighted by Crippen LogP contribution is 2.25. The summed E-state index contributed by atoms with van der Waals surface area (Å²) in [5, 5.41) is 6.07. The van der Waals surface area contributed by atoms with Crippen molar-refractivity contribution in [1.29, 1.82) is 0 Å². The van der Waals surface area contributed by atoms with Gasteiger partial charge in [-0.2, -0.15) is 0 Å². The molecule has 0 atom stereocenters. The fourth-order valence-corrected chi connectivity index (χ4v) is 2.71. The van der Waals surface area contributed by atoms with Crippen LogP contribution in [0.2, 0.25) is 0 Å². The van der Waals surface area contributed by atoms with Crippen molar-refractivity contribution in [3.05, 3.63) is 40.9 Å². The molecule has 0 aliphatic heterocycles. The first-order valence-electron chi connectivity index (χ1n) is 7.32. The Morgan fingerprint density at radius 2 is 1.87 bits per heavy atom. The molecule has 2 rings (SSSR count). The summed E-state index contributed by atoms with van der Waals surface area (Å²) in [6, 6.07) is 7.09.